The van der Waals surface area contributed by atoms with E-state index < -0.39 is 6.04 Å². The zero-order chi connectivity index (χ0) is 13.1. The molecule has 0 heterocycles. The Balaban J connectivity index is 2.23. The van der Waals surface area contributed by atoms with Crippen molar-refractivity contribution in [2.75, 3.05) is 6.61 Å². The average Bonchev–Trinajstić information content (AvgIpc) is 3.11. The average molecular weight is 288 g/mol. The summed E-state index contributed by atoms with van der Waals surface area (Å²) in [7, 11) is 0. The van der Waals surface area contributed by atoms with Crippen LogP contribution in [-0.2, 0) is 9.53 Å². The lowest BCUT2D eigenvalue weighted by molar-refractivity contribution is -0.145. The van der Waals surface area contributed by atoms with Gasteiger partial charge < -0.3 is 4.74 Å². The molecule has 0 amide bonds. The highest BCUT2D eigenvalue weighted by molar-refractivity contribution is 6.35. The molecular weight excluding hydrogens is 273 g/mol. The Kier molecular flexibility index (Phi) is 4.49. The Morgan fingerprint density at radius 2 is 2.22 bits per heavy atom. The second kappa shape index (κ2) is 5.91. The highest BCUT2D eigenvalue weighted by atomic mass is 35.5. The normalized spacial score (nSPS) is 16.4. The van der Waals surface area contributed by atoms with Crippen molar-refractivity contribution < 1.29 is 9.53 Å². The number of ether oxygens (including phenoxy) is 1. The molecule has 1 fully saturated rings. The SMILES string of the molecule is CCOC(=O)[C@H](NC1CC1)c1ccc(Cl)cc1Cl. The van der Waals surface area contributed by atoms with Crippen molar-refractivity contribution in [3.05, 3.63) is 33.8 Å². The van der Waals surface area contributed by atoms with Gasteiger partial charge in [0, 0.05) is 16.1 Å². The molecule has 3 nitrogen and oxygen atoms in total. The first kappa shape index (κ1) is 13.7. The first-order valence-corrected chi connectivity index (χ1v) is 6.75. The van der Waals surface area contributed by atoms with Gasteiger partial charge in [0.25, 0.3) is 0 Å². The molecular formula is C13H15Cl2NO2. The number of carbonyl (C=O) groups is 1. The third-order valence-corrected chi connectivity index (χ3v) is 3.34. The van der Waals surface area contributed by atoms with E-state index in [4.69, 9.17) is 27.9 Å². The van der Waals surface area contributed by atoms with Crippen LogP contribution in [0.25, 0.3) is 0 Å². The maximum absolute atomic E-state index is 12.0. The first-order chi connectivity index (χ1) is 8.61. The summed E-state index contributed by atoms with van der Waals surface area (Å²) >= 11 is 12.0. The van der Waals surface area contributed by atoms with Crippen molar-refractivity contribution in [1.82, 2.24) is 5.32 Å². The summed E-state index contributed by atoms with van der Waals surface area (Å²) in [4.78, 5) is 12.0. The molecule has 1 saturated carbocycles. The lowest BCUT2D eigenvalue weighted by atomic mass is 10.1. The van der Waals surface area contributed by atoms with E-state index >= 15 is 0 Å². The van der Waals surface area contributed by atoms with Gasteiger partial charge in [-0.05, 0) is 37.5 Å². The summed E-state index contributed by atoms with van der Waals surface area (Å²) in [6, 6.07) is 5.00. The molecule has 0 unspecified atom stereocenters. The highest BCUT2D eigenvalue weighted by Gasteiger charge is 2.31. The Hall–Kier alpha value is -0.770. The van der Waals surface area contributed by atoms with E-state index in [-0.39, 0.29) is 5.97 Å². The van der Waals surface area contributed by atoms with Crippen molar-refractivity contribution in [3.63, 3.8) is 0 Å². The lowest BCUT2D eigenvalue weighted by Crippen LogP contribution is -2.32. The molecule has 0 spiro atoms. The second-order valence-corrected chi connectivity index (χ2v) is 5.14. The van der Waals surface area contributed by atoms with E-state index in [1.54, 1.807) is 25.1 Å². The number of benzene rings is 1. The van der Waals surface area contributed by atoms with E-state index in [9.17, 15) is 4.79 Å². The first-order valence-electron chi connectivity index (χ1n) is 5.99. The molecule has 2 rings (SSSR count). The maximum Gasteiger partial charge on any atom is 0.327 e. The molecule has 0 aromatic heterocycles. The zero-order valence-electron chi connectivity index (χ0n) is 10.1. The van der Waals surface area contributed by atoms with Crippen LogP contribution < -0.4 is 5.32 Å². The quantitative estimate of drug-likeness (QED) is 0.844. The number of halogens is 2. The van der Waals surface area contributed by atoms with E-state index in [0.29, 0.717) is 28.3 Å². The predicted molar refractivity (Wildman–Crippen MR) is 72.0 cm³/mol. The number of nitrogens with one attached hydrogen (secondary N) is 1. The molecule has 1 aliphatic rings. The third-order valence-electron chi connectivity index (χ3n) is 2.78. The molecule has 0 bridgehead atoms. The predicted octanol–water partition coefficient (Wildman–Crippen LogP) is 3.35. The van der Waals surface area contributed by atoms with Crippen LogP contribution in [0.3, 0.4) is 0 Å². The molecule has 18 heavy (non-hydrogen) atoms. The molecule has 1 N–H and O–H groups in total. The van der Waals surface area contributed by atoms with Gasteiger partial charge in [-0.1, -0.05) is 29.3 Å². The second-order valence-electron chi connectivity index (χ2n) is 4.29. The van der Waals surface area contributed by atoms with Crippen molar-refractivity contribution in [1.29, 1.82) is 0 Å². The van der Waals surface area contributed by atoms with E-state index in [1.807, 2.05) is 0 Å². The van der Waals surface area contributed by atoms with Crippen LogP contribution in [0.4, 0.5) is 0 Å². The zero-order valence-corrected chi connectivity index (χ0v) is 11.6. The van der Waals surface area contributed by atoms with Gasteiger partial charge in [0.15, 0.2) is 0 Å². The largest absolute Gasteiger partial charge is 0.465 e. The fraction of sp³-hybridized carbons (Fsp3) is 0.462. The van der Waals surface area contributed by atoms with Crippen LogP contribution in [0.2, 0.25) is 10.0 Å². The number of hydrogen-bond acceptors (Lipinski definition) is 3. The summed E-state index contributed by atoms with van der Waals surface area (Å²) < 4.78 is 5.08. The van der Waals surface area contributed by atoms with E-state index in [0.717, 1.165) is 12.8 Å². The molecule has 98 valence electrons. The summed E-state index contributed by atoms with van der Waals surface area (Å²) in [5.41, 5.74) is 0.714. The molecule has 0 radical (unpaired) electrons. The minimum Gasteiger partial charge on any atom is -0.465 e. The van der Waals surface area contributed by atoms with Gasteiger partial charge in [-0.3, -0.25) is 5.32 Å². The summed E-state index contributed by atoms with van der Waals surface area (Å²) in [5, 5.41) is 4.28. The third kappa shape index (κ3) is 3.37. The maximum atomic E-state index is 12.0. The topological polar surface area (TPSA) is 38.3 Å². The molecule has 0 saturated heterocycles. The Morgan fingerprint density at radius 3 is 2.78 bits per heavy atom. The molecule has 1 aromatic rings. The minimum atomic E-state index is -0.512. The van der Waals surface area contributed by atoms with Gasteiger partial charge in [-0.15, -0.1) is 0 Å². The standard InChI is InChI=1S/C13H15Cl2NO2/c1-2-18-13(17)12(16-9-4-5-9)10-6-3-8(14)7-11(10)15/h3,6-7,9,12,16H,2,4-5H2,1H3/t12-/m1/s1. The lowest BCUT2D eigenvalue weighted by Gasteiger charge is -2.18. The van der Waals surface area contributed by atoms with Crippen LogP contribution in [-0.4, -0.2) is 18.6 Å². The smallest absolute Gasteiger partial charge is 0.327 e. The van der Waals surface area contributed by atoms with E-state index in [1.165, 1.54) is 0 Å². The number of rotatable bonds is 5. The summed E-state index contributed by atoms with van der Waals surface area (Å²) in [6.45, 7) is 2.14. The molecule has 1 aliphatic carbocycles. The van der Waals surface area contributed by atoms with Crippen molar-refractivity contribution >= 4 is 29.2 Å². The van der Waals surface area contributed by atoms with Gasteiger partial charge >= 0.3 is 5.97 Å². The Morgan fingerprint density at radius 1 is 1.50 bits per heavy atom. The fourth-order valence-electron chi connectivity index (χ4n) is 1.73. The number of esters is 1. The molecule has 1 atom stereocenters. The molecule has 5 heteroatoms. The van der Waals surface area contributed by atoms with Crippen LogP contribution in [0.15, 0.2) is 18.2 Å². The molecule has 1 aromatic carbocycles. The Bertz CT molecular complexity index is 447. The van der Waals surface area contributed by atoms with Crippen molar-refractivity contribution in [3.8, 4) is 0 Å². The highest BCUT2D eigenvalue weighted by Crippen LogP contribution is 2.30. The van der Waals surface area contributed by atoms with Gasteiger partial charge in [0.2, 0.25) is 0 Å². The van der Waals surface area contributed by atoms with Crippen LogP contribution >= 0.6 is 23.2 Å². The van der Waals surface area contributed by atoms with Crippen LogP contribution in [0, 0.1) is 0 Å². The van der Waals surface area contributed by atoms with Crippen molar-refractivity contribution in [2.24, 2.45) is 0 Å². The Labute approximate surface area is 116 Å². The number of hydrogen-bond donors (Lipinski definition) is 1. The van der Waals surface area contributed by atoms with Crippen LogP contribution in [0.1, 0.15) is 31.4 Å². The fourth-order valence-corrected chi connectivity index (χ4v) is 2.25. The van der Waals surface area contributed by atoms with Gasteiger partial charge in [0.05, 0.1) is 6.61 Å². The monoisotopic (exact) mass is 287 g/mol. The van der Waals surface area contributed by atoms with Gasteiger partial charge in [-0.2, -0.15) is 0 Å². The minimum absolute atomic E-state index is 0.298. The van der Waals surface area contributed by atoms with E-state index in [2.05, 4.69) is 5.32 Å². The molecule has 0 aliphatic heterocycles. The van der Waals surface area contributed by atoms with Crippen LogP contribution in [0.5, 0.6) is 0 Å². The van der Waals surface area contributed by atoms with Gasteiger partial charge in [-0.25, -0.2) is 4.79 Å². The van der Waals surface area contributed by atoms with Crippen molar-refractivity contribution in [2.45, 2.75) is 31.8 Å². The summed E-state index contributed by atoms with van der Waals surface area (Å²) in [5.74, 6) is -0.298. The van der Waals surface area contributed by atoms with Gasteiger partial charge in [0.1, 0.15) is 6.04 Å². The summed E-state index contributed by atoms with van der Waals surface area (Å²) in [6.07, 6.45) is 2.17. The number of carbonyl (C=O) groups excluding carboxylic acids is 1.